The number of nitrogens with zero attached hydrogens (tertiary/aromatic N) is 1. The molecule has 1 fully saturated rings. The van der Waals surface area contributed by atoms with E-state index in [1.54, 1.807) is 0 Å². The summed E-state index contributed by atoms with van der Waals surface area (Å²) < 4.78 is 15.3. The third kappa shape index (κ3) is 8.03. The zero-order valence-corrected chi connectivity index (χ0v) is 12.6. The van der Waals surface area contributed by atoms with Crippen molar-refractivity contribution in [2.45, 2.75) is 6.04 Å². The first kappa shape index (κ1) is 18.7. The van der Waals surface area contributed by atoms with Crippen molar-refractivity contribution in [2.75, 3.05) is 39.5 Å². The Morgan fingerprint density at radius 1 is 0.957 bits per heavy atom. The van der Waals surface area contributed by atoms with Crippen LogP contribution in [0, 0.1) is 0 Å². The molecule has 0 spiro atoms. The number of hydrogen-bond acceptors (Lipinski definition) is 8. The quantitative estimate of drug-likeness (QED) is 0.311. The van der Waals surface area contributed by atoms with E-state index >= 15 is 0 Å². The summed E-state index contributed by atoms with van der Waals surface area (Å²) in [7, 11) is 0. The number of aldehydes is 2. The molecule has 1 aliphatic heterocycles. The van der Waals surface area contributed by atoms with Crippen molar-refractivity contribution in [3.63, 3.8) is 0 Å². The minimum absolute atomic E-state index is 0.00665. The van der Waals surface area contributed by atoms with E-state index < -0.39 is 11.9 Å². The Hall–Kier alpha value is -2.32. The first-order valence-corrected chi connectivity index (χ1v) is 7.06. The third-order valence-corrected chi connectivity index (χ3v) is 3.02. The topological polar surface area (TPSA) is 99.2 Å². The van der Waals surface area contributed by atoms with E-state index in [9.17, 15) is 19.2 Å². The van der Waals surface area contributed by atoms with Gasteiger partial charge in [0.1, 0.15) is 25.8 Å². The predicted octanol–water partition coefficient (Wildman–Crippen LogP) is -0.716. The van der Waals surface area contributed by atoms with Gasteiger partial charge in [0.2, 0.25) is 0 Å². The smallest absolute Gasteiger partial charge is 0.330 e. The number of carbonyl (C=O) groups excluding carboxylic acids is 4. The summed E-state index contributed by atoms with van der Waals surface area (Å²) >= 11 is 0. The average molecular weight is 325 g/mol. The molecule has 0 radical (unpaired) electrons. The molecule has 0 N–H and O–H groups in total. The summed E-state index contributed by atoms with van der Waals surface area (Å²) in [6.07, 6.45) is 5.06. The first-order valence-electron chi connectivity index (χ1n) is 7.06. The van der Waals surface area contributed by atoms with Gasteiger partial charge in [0.25, 0.3) is 0 Å². The van der Waals surface area contributed by atoms with Crippen molar-refractivity contribution >= 4 is 24.5 Å². The molecule has 1 rings (SSSR count). The molecule has 0 aromatic rings. The monoisotopic (exact) mass is 325 g/mol. The second-order valence-corrected chi connectivity index (χ2v) is 4.55. The molecule has 1 heterocycles. The molecule has 126 valence electrons. The molecule has 8 nitrogen and oxygen atoms in total. The van der Waals surface area contributed by atoms with Gasteiger partial charge in [-0.1, -0.05) is 0 Å². The normalized spacial score (nSPS) is 15.9. The van der Waals surface area contributed by atoms with Gasteiger partial charge in [-0.2, -0.15) is 0 Å². The van der Waals surface area contributed by atoms with Crippen LogP contribution in [0.25, 0.3) is 0 Å². The maximum atomic E-state index is 11.4. The van der Waals surface area contributed by atoms with Crippen molar-refractivity contribution in [2.24, 2.45) is 0 Å². The number of esters is 2. The highest BCUT2D eigenvalue weighted by Crippen LogP contribution is 2.06. The summed E-state index contributed by atoms with van der Waals surface area (Å²) in [5, 5.41) is 0. The molecular formula is C15H19NO7. The molecule has 23 heavy (non-hydrogen) atoms. The Balaban J connectivity index is 2.54. The fourth-order valence-electron chi connectivity index (χ4n) is 1.89. The van der Waals surface area contributed by atoms with E-state index in [1.807, 2.05) is 4.90 Å². The van der Waals surface area contributed by atoms with Gasteiger partial charge in [0.15, 0.2) is 0 Å². The first-order chi connectivity index (χ1) is 11.2. The molecule has 8 heteroatoms. The van der Waals surface area contributed by atoms with Crippen molar-refractivity contribution < 1.29 is 33.4 Å². The maximum absolute atomic E-state index is 11.4. The van der Waals surface area contributed by atoms with Gasteiger partial charge in [0, 0.05) is 25.2 Å². The molecule has 0 aromatic heterocycles. The lowest BCUT2D eigenvalue weighted by atomic mass is 10.2. The lowest BCUT2D eigenvalue weighted by molar-refractivity contribution is -0.145. The summed E-state index contributed by atoms with van der Waals surface area (Å²) in [6.45, 7) is 2.32. The maximum Gasteiger partial charge on any atom is 0.330 e. The Morgan fingerprint density at radius 3 is 1.87 bits per heavy atom. The van der Waals surface area contributed by atoms with Gasteiger partial charge in [-0.25, -0.2) is 9.59 Å². The minimum Gasteiger partial charge on any atom is -0.461 e. The number of allylic oxidation sites excluding steroid dienone is 2. The van der Waals surface area contributed by atoms with Gasteiger partial charge in [-0.15, -0.1) is 0 Å². The highest BCUT2D eigenvalue weighted by atomic mass is 16.5. The SMILES string of the molecule is O=C/C=C/C(=O)OCC(COC(=O)/C=C/C=O)N1CCOCC1. The zero-order chi connectivity index (χ0) is 16.9. The Bertz CT molecular complexity index is 432. The summed E-state index contributed by atoms with van der Waals surface area (Å²) in [5.41, 5.74) is 0. The highest BCUT2D eigenvalue weighted by molar-refractivity contribution is 5.87. The minimum atomic E-state index is -0.650. The van der Waals surface area contributed by atoms with E-state index in [1.165, 1.54) is 0 Å². The van der Waals surface area contributed by atoms with E-state index in [2.05, 4.69) is 0 Å². The van der Waals surface area contributed by atoms with Crippen LogP contribution >= 0.6 is 0 Å². The average Bonchev–Trinajstić information content (AvgIpc) is 2.58. The molecule has 0 bridgehead atoms. The van der Waals surface area contributed by atoms with Gasteiger partial charge < -0.3 is 14.2 Å². The van der Waals surface area contributed by atoms with Crippen LogP contribution in [0.1, 0.15) is 0 Å². The van der Waals surface area contributed by atoms with Gasteiger partial charge >= 0.3 is 11.9 Å². The Morgan fingerprint density at radius 2 is 1.43 bits per heavy atom. The second-order valence-electron chi connectivity index (χ2n) is 4.55. The molecule has 0 unspecified atom stereocenters. The van der Waals surface area contributed by atoms with E-state index in [4.69, 9.17) is 14.2 Å². The van der Waals surface area contributed by atoms with E-state index in [-0.39, 0.29) is 19.3 Å². The van der Waals surface area contributed by atoms with Crippen LogP contribution in [-0.4, -0.2) is 75.0 Å². The van der Waals surface area contributed by atoms with Crippen LogP contribution < -0.4 is 0 Å². The number of ether oxygens (including phenoxy) is 3. The predicted molar refractivity (Wildman–Crippen MR) is 78.5 cm³/mol. The fourth-order valence-corrected chi connectivity index (χ4v) is 1.89. The van der Waals surface area contributed by atoms with Crippen molar-refractivity contribution in [3.05, 3.63) is 24.3 Å². The standard InChI is InChI=1S/C15H19NO7/c17-7-1-3-14(19)22-11-13(16-5-9-21-10-6-16)12-23-15(20)4-2-8-18/h1-4,7-8,13H,5-6,9-12H2/b3-1+,4-2+. The van der Waals surface area contributed by atoms with E-state index in [0.717, 1.165) is 24.3 Å². The molecule has 0 atom stereocenters. The molecule has 0 aliphatic carbocycles. The molecular weight excluding hydrogens is 306 g/mol. The number of rotatable bonds is 9. The van der Waals surface area contributed by atoms with Gasteiger partial charge in [0.05, 0.1) is 19.3 Å². The largest absolute Gasteiger partial charge is 0.461 e. The molecule has 0 aromatic carbocycles. The zero-order valence-electron chi connectivity index (χ0n) is 12.6. The van der Waals surface area contributed by atoms with E-state index in [0.29, 0.717) is 38.9 Å². The van der Waals surface area contributed by atoms with Crippen molar-refractivity contribution in [1.29, 1.82) is 0 Å². The molecule has 1 saturated heterocycles. The van der Waals surface area contributed by atoms with Crippen LogP contribution in [0.5, 0.6) is 0 Å². The van der Waals surface area contributed by atoms with Gasteiger partial charge in [-0.3, -0.25) is 14.5 Å². The van der Waals surface area contributed by atoms with Crippen LogP contribution in [0.3, 0.4) is 0 Å². The third-order valence-electron chi connectivity index (χ3n) is 3.02. The van der Waals surface area contributed by atoms with Crippen LogP contribution in [-0.2, 0) is 33.4 Å². The molecule has 1 aliphatic rings. The number of carbonyl (C=O) groups is 4. The highest BCUT2D eigenvalue weighted by Gasteiger charge is 2.23. The number of morpholine rings is 1. The number of hydrogen-bond donors (Lipinski definition) is 0. The Labute approximate surface area is 133 Å². The molecule has 0 amide bonds. The summed E-state index contributed by atoms with van der Waals surface area (Å²) in [4.78, 5) is 45.1. The molecule has 0 saturated carbocycles. The van der Waals surface area contributed by atoms with Crippen LogP contribution in [0.2, 0.25) is 0 Å². The summed E-state index contributed by atoms with van der Waals surface area (Å²) in [6, 6.07) is -0.332. The Kier molecular flexibility index (Phi) is 9.18. The van der Waals surface area contributed by atoms with Crippen molar-refractivity contribution in [1.82, 2.24) is 4.90 Å². The van der Waals surface area contributed by atoms with Crippen LogP contribution in [0.15, 0.2) is 24.3 Å². The fraction of sp³-hybridized carbons (Fsp3) is 0.467. The van der Waals surface area contributed by atoms with Crippen molar-refractivity contribution in [3.8, 4) is 0 Å². The van der Waals surface area contributed by atoms with Gasteiger partial charge in [-0.05, 0) is 12.2 Å². The van der Waals surface area contributed by atoms with Crippen LogP contribution in [0.4, 0.5) is 0 Å². The lowest BCUT2D eigenvalue weighted by Gasteiger charge is -2.33. The lowest BCUT2D eigenvalue weighted by Crippen LogP contribution is -2.48. The summed E-state index contributed by atoms with van der Waals surface area (Å²) in [5.74, 6) is -1.30. The second kappa shape index (κ2) is 11.3.